The highest BCUT2D eigenvalue weighted by atomic mass is 32.1. The number of methoxy groups -OCH3 is 1. The Balaban J connectivity index is 1.50. The molecule has 0 N–H and O–H groups in total. The zero-order chi connectivity index (χ0) is 32.5. The minimum atomic E-state index is -2.97. The Morgan fingerprint density at radius 3 is 2.17 bits per heavy atom. The molecule has 6 rings (SSSR count). The van der Waals surface area contributed by atoms with Crippen LogP contribution in [0.3, 0.4) is 0 Å². The summed E-state index contributed by atoms with van der Waals surface area (Å²) >= 11 is 1.32. The molecular formula is C36H36F2N4O3S. The molecule has 0 spiro atoms. The van der Waals surface area contributed by atoms with Crippen molar-refractivity contribution in [2.24, 2.45) is 4.99 Å². The molecule has 3 aromatic carbocycles. The Kier molecular flexibility index (Phi) is 8.82. The lowest BCUT2D eigenvalue weighted by molar-refractivity contribution is -0.0512. The van der Waals surface area contributed by atoms with Gasteiger partial charge in [-0.25, -0.2) is 4.99 Å². The fraction of sp³-hybridized carbons (Fsp3) is 0.278. The van der Waals surface area contributed by atoms with Crippen molar-refractivity contribution < 1.29 is 18.3 Å². The topological polar surface area (TPSA) is 59.3 Å². The van der Waals surface area contributed by atoms with Crippen LogP contribution in [-0.4, -0.2) is 46.5 Å². The van der Waals surface area contributed by atoms with Crippen molar-refractivity contribution in [2.45, 2.75) is 31.9 Å². The molecule has 10 heteroatoms. The summed E-state index contributed by atoms with van der Waals surface area (Å²) in [6.45, 7) is -2.97. The highest BCUT2D eigenvalue weighted by Gasteiger charge is 2.32. The van der Waals surface area contributed by atoms with Gasteiger partial charge < -0.3 is 19.3 Å². The van der Waals surface area contributed by atoms with Crippen molar-refractivity contribution in [2.75, 3.05) is 45.1 Å². The van der Waals surface area contributed by atoms with E-state index in [-0.39, 0.29) is 23.1 Å². The number of anilines is 2. The van der Waals surface area contributed by atoms with E-state index in [1.54, 1.807) is 22.8 Å². The number of nitrogens with zero attached hydrogens (tertiary/aromatic N) is 4. The molecule has 0 bridgehead atoms. The van der Waals surface area contributed by atoms with Gasteiger partial charge in [0.15, 0.2) is 16.3 Å². The molecule has 1 atom stereocenters. The molecular weight excluding hydrogens is 606 g/mol. The van der Waals surface area contributed by atoms with Crippen LogP contribution >= 0.6 is 11.3 Å². The molecule has 2 heterocycles. The van der Waals surface area contributed by atoms with E-state index in [1.165, 1.54) is 24.5 Å². The summed E-state index contributed by atoms with van der Waals surface area (Å²) in [6, 6.07) is 21.1. The van der Waals surface area contributed by atoms with E-state index in [1.807, 2.05) is 28.2 Å². The van der Waals surface area contributed by atoms with Gasteiger partial charge in [0, 0.05) is 39.6 Å². The summed E-state index contributed by atoms with van der Waals surface area (Å²) in [5, 5.41) is 0. The van der Waals surface area contributed by atoms with Gasteiger partial charge in [0.25, 0.3) is 5.56 Å². The first-order chi connectivity index (χ1) is 22.1. The zero-order valence-electron chi connectivity index (χ0n) is 26.5. The highest BCUT2D eigenvalue weighted by molar-refractivity contribution is 7.07. The van der Waals surface area contributed by atoms with Crippen LogP contribution in [0.2, 0.25) is 0 Å². The number of thiazole rings is 1. The number of benzene rings is 3. The summed E-state index contributed by atoms with van der Waals surface area (Å²) < 4.78 is 37.9. The maximum Gasteiger partial charge on any atom is 0.387 e. The van der Waals surface area contributed by atoms with Crippen LogP contribution in [0.5, 0.6) is 11.5 Å². The summed E-state index contributed by atoms with van der Waals surface area (Å²) in [5.41, 5.74) is 8.05. The maximum atomic E-state index is 14.2. The third kappa shape index (κ3) is 6.22. The molecule has 46 heavy (non-hydrogen) atoms. The maximum absolute atomic E-state index is 14.2. The zero-order valence-corrected chi connectivity index (χ0v) is 27.3. The van der Waals surface area contributed by atoms with Gasteiger partial charge in [0.1, 0.15) is 0 Å². The fourth-order valence-electron chi connectivity index (χ4n) is 6.00. The summed E-state index contributed by atoms with van der Waals surface area (Å²) in [7, 11) is 9.44. The summed E-state index contributed by atoms with van der Waals surface area (Å²) in [5.74, 6) is 0.0881. The Labute approximate surface area is 270 Å². The van der Waals surface area contributed by atoms with Gasteiger partial charge in [-0.3, -0.25) is 9.36 Å². The van der Waals surface area contributed by atoms with E-state index in [4.69, 9.17) is 9.73 Å². The Morgan fingerprint density at radius 2 is 1.54 bits per heavy atom. The van der Waals surface area contributed by atoms with Crippen molar-refractivity contribution in [3.05, 3.63) is 120 Å². The SMILES string of the molecule is COc1cc(/C=c2/sc3n(c2=O)C(c2ccc(N(C)C)cc2)C2=C(N=3)/C(=C\c3ccc(N(C)C)cc3)CCC2)ccc1OC(F)F. The number of halogens is 2. The van der Waals surface area contributed by atoms with E-state index in [0.717, 1.165) is 58.6 Å². The van der Waals surface area contributed by atoms with Gasteiger partial charge in [0.05, 0.1) is 23.4 Å². The van der Waals surface area contributed by atoms with Crippen LogP contribution in [0.1, 0.15) is 42.0 Å². The second-order valence-electron chi connectivity index (χ2n) is 11.7. The third-order valence-corrected chi connectivity index (χ3v) is 9.29. The number of allylic oxidation sites excluding steroid dienone is 2. The van der Waals surface area contributed by atoms with Crippen LogP contribution in [0.25, 0.3) is 12.2 Å². The van der Waals surface area contributed by atoms with E-state index in [0.29, 0.717) is 14.9 Å². The lowest BCUT2D eigenvalue weighted by atomic mass is 9.83. The van der Waals surface area contributed by atoms with Crippen LogP contribution in [0, 0.1) is 0 Å². The summed E-state index contributed by atoms with van der Waals surface area (Å²) in [4.78, 5) is 24.0. The molecule has 0 radical (unpaired) electrons. The number of aromatic nitrogens is 1. The number of rotatable bonds is 8. The smallest absolute Gasteiger partial charge is 0.387 e. The average Bonchev–Trinajstić information content (AvgIpc) is 3.35. The predicted octanol–water partition coefficient (Wildman–Crippen LogP) is 6.22. The third-order valence-electron chi connectivity index (χ3n) is 8.31. The molecule has 2 aliphatic rings. The Bertz CT molecular complexity index is 1990. The fourth-order valence-corrected chi connectivity index (χ4v) is 7.00. The molecule has 1 aliphatic carbocycles. The number of hydrogen-bond acceptors (Lipinski definition) is 7. The first-order valence-corrected chi connectivity index (χ1v) is 15.9. The van der Waals surface area contributed by atoms with Crippen molar-refractivity contribution in [1.82, 2.24) is 4.57 Å². The molecule has 0 saturated heterocycles. The number of hydrogen-bond donors (Lipinski definition) is 0. The van der Waals surface area contributed by atoms with Crippen LogP contribution in [0.4, 0.5) is 20.2 Å². The molecule has 7 nitrogen and oxygen atoms in total. The second kappa shape index (κ2) is 13.0. The number of ether oxygens (including phenoxy) is 2. The average molecular weight is 643 g/mol. The second-order valence-corrected chi connectivity index (χ2v) is 12.7. The first kappa shape index (κ1) is 31.3. The predicted molar refractivity (Wildman–Crippen MR) is 181 cm³/mol. The van der Waals surface area contributed by atoms with Crippen molar-refractivity contribution in [1.29, 1.82) is 0 Å². The Morgan fingerprint density at radius 1 is 0.891 bits per heavy atom. The van der Waals surface area contributed by atoms with Crippen molar-refractivity contribution in [3.8, 4) is 11.5 Å². The minimum absolute atomic E-state index is 0.0689. The van der Waals surface area contributed by atoms with Gasteiger partial charge in [-0.15, -0.1) is 0 Å². The standard InChI is InChI=1S/C36H36F2N4O3S/c1-40(2)26-14-9-22(10-15-26)19-25-7-6-8-28-32(25)39-36-42(33(28)24-12-16-27(17-13-24)41(3)4)34(43)31(46-36)21-23-11-18-29(45-35(37)38)30(20-23)44-5/h9-21,33,35H,6-8H2,1-5H3/b25-19-,31-21+. The van der Waals surface area contributed by atoms with Gasteiger partial charge in [0.2, 0.25) is 0 Å². The minimum Gasteiger partial charge on any atom is -0.493 e. The van der Waals surface area contributed by atoms with Gasteiger partial charge in [-0.05, 0) is 95.6 Å². The molecule has 0 fully saturated rings. The van der Waals surface area contributed by atoms with E-state index >= 15 is 0 Å². The Hall–Kier alpha value is -4.70. The molecule has 4 aromatic rings. The number of fused-ring (bicyclic) bond motifs is 1. The highest BCUT2D eigenvalue weighted by Crippen LogP contribution is 2.41. The van der Waals surface area contributed by atoms with Gasteiger partial charge in [-0.2, -0.15) is 8.78 Å². The molecule has 238 valence electrons. The van der Waals surface area contributed by atoms with E-state index < -0.39 is 6.61 Å². The van der Waals surface area contributed by atoms with Gasteiger partial charge >= 0.3 is 6.61 Å². The molecule has 1 unspecified atom stereocenters. The largest absolute Gasteiger partial charge is 0.493 e. The lowest BCUT2D eigenvalue weighted by Gasteiger charge is -2.31. The molecule has 1 aliphatic heterocycles. The van der Waals surface area contributed by atoms with Crippen LogP contribution < -0.4 is 34.2 Å². The van der Waals surface area contributed by atoms with Crippen molar-refractivity contribution in [3.63, 3.8) is 0 Å². The van der Waals surface area contributed by atoms with Crippen LogP contribution in [0.15, 0.2) is 93.4 Å². The summed E-state index contributed by atoms with van der Waals surface area (Å²) in [6.07, 6.45) is 6.65. The quantitative estimate of drug-likeness (QED) is 0.228. The molecule has 1 aromatic heterocycles. The van der Waals surface area contributed by atoms with Crippen LogP contribution in [-0.2, 0) is 0 Å². The monoisotopic (exact) mass is 642 g/mol. The van der Waals surface area contributed by atoms with E-state index in [9.17, 15) is 13.6 Å². The number of alkyl halides is 2. The molecule has 0 saturated carbocycles. The molecule has 0 amide bonds. The van der Waals surface area contributed by atoms with Crippen molar-refractivity contribution >= 4 is 34.9 Å². The normalized spacial score (nSPS) is 17.1. The van der Waals surface area contributed by atoms with Gasteiger partial charge in [-0.1, -0.05) is 41.7 Å². The lowest BCUT2D eigenvalue weighted by Crippen LogP contribution is -2.39. The first-order valence-electron chi connectivity index (χ1n) is 15.1. The van der Waals surface area contributed by atoms with E-state index in [2.05, 4.69) is 69.1 Å².